The number of aliphatic hydroxyl groups excluding tert-OH is 1. The van der Waals surface area contributed by atoms with E-state index in [9.17, 15) is 13.5 Å². The van der Waals surface area contributed by atoms with Crippen molar-refractivity contribution in [3.05, 3.63) is 17.7 Å². The number of sulfonamides is 1. The normalized spacial score (nSPS) is 12.5. The van der Waals surface area contributed by atoms with Crippen LogP contribution in [0.25, 0.3) is 0 Å². The van der Waals surface area contributed by atoms with Gasteiger partial charge in [-0.05, 0) is 24.6 Å². The molecule has 7 heteroatoms. The standard InChI is InChI=1S/C12H21N3O3S/c1-8-10(15-6-12(2,3)7-16)4-9(13)5-11(8)19(14,17)18/h4-5,15-16H,6-7,13H2,1-3H3,(H2,14,17,18). The molecule has 0 aromatic heterocycles. The van der Waals surface area contributed by atoms with Crippen LogP contribution < -0.4 is 16.2 Å². The van der Waals surface area contributed by atoms with E-state index in [0.29, 0.717) is 23.5 Å². The number of aliphatic hydroxyl groups is 1. The summed E-state index contributed by atoms with van der Waals surface area (Å²) in [5, 5.41) is 17.4. The first-order chi connectivity index (χ1) is 8.57. The molecular weight excluding hydrogens is 266 g/mol. The van der Waals surface area contributed by atoms with Crippen molar-refractivity contribution in [3.8, 4) is 0 Å². The molecule has 0 amide bonds. The Labute approximate surface area is 113 Å². The summed E-state index contributed by atoms with van der Waals surface area (Å²) in [5.74, 6) is 0. The highest BCUT2D eigenvalue weighted by Crippen LogP contribution is 2.27. The summed E-state index contributed by atoms with van der Waals surface area (Å²) < 4.78 is 22.9. The van der Waals surface area contributed by atoms with Crippen LogP contribution in [0.1, 0.15) is 19.4 Å². The van der Waals surface area contributed by atoms with Gasteiger partial charge in [-0.1, -0.05) is 13.8 Å². The first kappa shape index (κ1) is 15.7. The SMILES string of the molecule is Cc1c(NCC(C)(C)CO)cc(N)cc1S(N)(=O)=O. The van der Waals surface area contributed by atoms with Crippen LogP contribution in [0.5, 0.6) is 0 Å². The second-order valence-corrected chi connectivity index (χ2v) is 6.94. The molecule has 0 saturated heterocycles. The Bertz CT molecular complexity index is 568. The zero-order valence-corrected chi connectivity index (χ0v) is 12.2. The van der Waals surface area contributed by atoms with Crippen LogP contribution in [-0.4, -0.2) is 26.7 Å². The van der Waals surface area contributed by atoms with E-state index in [1.165, 1.54) is 6.07 Å². The molecular formula is C12H21N3O3S. The van der Waals surface area contributed by atoms with Crippen molar-refractivity contribution in [2.45, 2.75) is 25.7 Å². The van der Waals surface area contributed by atoms with Crippen molar-refractivity contribution in [2.75, 3.05) is 24.2 Å². The van der Waals surface area contributed by atoms with Crippen molar-refractivity contribution in [1.29, 1.82) is 0 Å². The number of nitrogen functional groups attached to an aromatic ring is 1. The highest BCUT2D eigenvalue weighted by molar-refractivity contribution is 7.89. The lowest BCUT2D eigenvalue weighted by Gasteiger charge is -2.24. The maximum absolute atomic E-state index is 11.5. The molecule has 1 aromatic rings. The number of primary sulfonamides is 1. The summed E-state index contributed by atoms with van der Waals surface area (Å²) in [4.78, 5) is 0.0109. The van der Waals surface area contributed by atoms with Gasteiger partial charge in [0.2, 0.25) is 10.0 Å². The molecule has 0 heterocycles. The van der Waals surface area contributed by atoms with E-state index in [1.54, 1.807) is 13.0 Å². The Kier molecular flexibility index (Phi) is 4.44. The Hall–Kier alpha value is -1.31. The van der Waals surface area contributed by atoms with Crippen LogP contribution in [0.2, 0.25) is 0 Å². The van der Waals surface area contributed by atoms with Gasteiger partial charge in [0.05, 0.1) is 4.90 Å². The first-order valence-electron chi connectivity index (χ1n) is 5.84. The topological polar surface area (TPSA) is 118 Å². The maximum Gasteiger partial charge on any atom is 0.238 e. The Balaban J connectivity index is 3.13. The quantitative estimate of drug-likeness (QED) is 0.593. The van der Waals surface area contributed by atoms with E-state index in [-0.39, 0.29) is 16.9 Å². The minimum Gasteiger partial charge on any atom is -0.399 e. The maximum atomic E-state index is 11.5. The average molecular weight is 287 g/mol. The van der Waals surface area contributed by atoms with Crippen molar-refractivity contribution >= 4 is 21.4 Å². The van der Waals surface area contributed by atoms with Crippen LogP contribution in [0.15, 0.2) is 17.0 Å². The van der Waals surface area contributed by atoms with E-state index in [2.05, 4.69) is 5.32 Å². The molecule has 0 aliphatic rings. The monoisotopic (exact) mass is 287 g/mol. The fraction of sp³-hybridized carbons (Fsp3) is 0.500. The molecule has 6 N–H and O–H groups in total. The summed E-state index contributed by atoms with van der Waals surface area (Å²) in [5.41, 5.74) is 6.81. The Morgan fingerprint density at radius 1 is 1.37 bits per heavy atom. The largest absolute Gasteiger partial charge is 0.399 e. The first-order valence-corrected chi connectivity index (χ1v) is 7.39. The lowest BCUT2D eigenvalue weighted by atomic mass is 9.95. The van der Waals surface area contributed by atoms with Gasteiger partial charge in [0.1, 0.15) is 0 Å². The minimum atomic E-state index is -3.81. The number of nitrogens with one attached hydrogen (secondary N) is 1. The van der Waals surface area contributed by atoms with Crippen molar-refractivity contribution in [1.82, 2.24) is 0 Å². The van der Waals surface area contributed by atoms with Crippen molar-refractivity contribution in [3.63, 3.8) is 0 Å². The van der Waals surface area contributed by atoms with Gasteiger partial charge in [0.25, 0.3) is 0 Å². The van der Waals surface area contributed by atoms with Crippen molar-refractivity contribution in [2.24, 2.45) is 10.6 Å². The smallest absolute Gasteiger partial charge is 0.238 e. The Morgan fingerprint density at radius 2 is 1.95 bits per heavy atom. The molecule has 0 atom stereocenters. The average Bonchev–Trinajstić information content (AvgIpc) is 2.28. The highest BCUT2D eigenvalue weighted by atomic mass is 32.2. The molecule has 0 aliphatic heterocycles. The molecule has 0 unspecified atom stereocenters. The molecule has 19 heavy (non-hydrogen) atoms. The van der Waals surface area contributed by atoms with E-state index in [0.717, 1.165) is 0 Å². The molecule has 1 rings (SSSR count). The lowest BCUT2D eigenvalue weighted by molar-refractivity contribution is 0.171. The molecule has 6 nitrogen and oxygen atoms in total. The molecule has 0 bridgehead atoms. The zero-order valence-electron chi connectivity index (χ0n) is 11.4. The van der Waals surface area contributed by atoms with Gasteiger partial charge >= 0.3 is 0 Å². The number of nitrogens with two attached hydrogens (primary N) is 2. The summed E-state index contributed by atoms with van der Waals surface area (Å²) in [7, 11) is -3.81. The van der Waals surface area contributed by atoms with Crippen molar-refractivity contribution < 1.29 is 13.5 Å². The van der Waals surface area contributed by atoms with Gasteiger partial charge in [-0.3, -0.25) is 0 Å². The third-order valence-corrected chi connectivity index (χ3v) is 3.91. The van der Waals surface area contributed by atoms with Gasteiger partial charge in [0.15, 0.2) is 0 Å². The summed E-state index contributed by atoms with van der Waals surface area (Å²) in [6, 6.07) is 2.99. The van der Waals surface area contributed by atoms with Crippen LogP contribution in [0, 0.1) is 12.3 Å². The van der Waals surface area contributed by atoms with Gasteiger partial charge in [0, 0.05) is 29.9 Å². The van der Waals surface area contributed by atoms with Gasteiger partial charge < -0.3 is 16.2 Å². The fourth-order valence-corrected chi connectivity index (χ4v) is 2.42. The zero-order chi connectivity index (χ0) is 14.8. The number of anilines is 2. The fourth-order valence-electron chi connectivity index (χ4n) is 1.58. The molecule has 0 radical (unpaired) electrons. The predicted molar refractivity (Wildman–Crippen MR) is 76.3 cm³/mol. The van der Waals surface area contributed by atoms with Crippen LogP contribution in [0.3, 0.4) is 0 Å². The Morgan fingerprint density at radius 3 is 2.42 bits per heavy atom. The summed E-state index contributed by atoms with van der Waals surface area (Å²) in [6.45, 7) is 5.94. The second-order valence-electron chi connectivity index (χ2n) is 5.41. The van der Waals surface area contributed by atoms with Crippen LogP contribution in [0.4, 0.5) is 11.4 Å². The van der Waals surface area contributed by atoms with Crippen LogP contribution >= 0.6 is 0 Å². The van der Waals surface area contributed by atoms with Gasteiger partial charge in [-0.2, -0.15) is 0 Å². The summed E-state index contributed by atoms with van der Waals surface area (Å²) in [6.07, 6.45) is 0. The number of hydrogen-bond acceptors (Lipinski definition) is 5. The highest BCUT2D eigenvalue weighted by Gasteiger charge is 2.19. The third-order valence-electron chi connectivity index (χ3n) is 2.87. The van der Waals surface area contributed by atoms with E-state index in [1.807, 2.05) is 13.8 Å². The third kappa shape index (κ3) is 4.09. The van der Waals surface area contributed by atoms with E-state index < -0.39 is 10.0 Å². The summed E-state index contributed by atoms with van der Waals surface area (Å²) >= 11 is 0. The molecule has 0 spiro atoms. The number of hydrogen-bond donors (Lipinski definition) is 4. The molecule has 0 saturated carbocycles. The minimum absolute atomic E-state index is 0.0109. The second kappa shape index (κ2) is 5.36. The number of benzene rings is 1. The van der Waals surface area contributed by atoms with Gasteiger partial charge in [-0.15, -0.1) is 0 Å². The molecule has 108 valence electrons. The van der Waals surface area contributed by atoms with E-state index in [4.69, 9.17) is 10.9 Å². The number of rotatable bonds is 5. The predicted octanol–water partition coefficient (Wildman–Crippen LogP) is 0.655. The van der Waals surface area contributed by atoms with Crippen LogP contribution in [-0.2, 0) is 10.0 Å². The molecule has 0 aliphatic carbocycles. The molecule has 1 aromatic carbocycles. The lowest BCUT2D eigenvalue weighted by Crippen LogP contribution is -2.27. The van der Waals surface area contributed by atoms with Gasteiger partial charge in [-0.25, -0.2) is 13.6 Å². The molecule has 0 fully saturated rings. The van der Waals surface area contributed by atoms with E-state index >= 15 is 0 Å².